The molecule has 0 aliphatic heterocycles. The van der Waals surface area contributed by atoms with Gasteiger partial charge in [0.2, 0.25) is 0 Å². The van der Waals surface area contributed by atoms with E-state index in [-0.39, 0.29) is 5.56 Å². The van der Waals surface area contributed by atoms with E-state index in [9.17, 15) is 4.79 Å². The van der Waals surface area contributed by atoms with Crippen LogP contribution in [0.5, 0.6) is 0 Å². The second-order valence-electron chi connectivity index (χ2n) is 6.66. The maximum atomic E-state index is 13.0. The van der Waals surface area contributed by atoms with Crippen molar-refractivity contribution in [2.45, 2.75) is 13.8 Å². The second-order valence-corrected chi connectivity index (χ2v) is 7.67. The zero-order valence-electron chi connectivity index (χ0n) is 15.0. The zero-order valence-corrected chi connectivity index (χ0v) is 15.8. The molecular weight excluding hydrogens is 354 g/mol. The standard InChI is InChI=1S/C22H17N3OS/c1-14-7-5-11-18(15(14)2)24-12-6-8-16(24)13-20-21(26)25-19-10-4-3-9-17(19)23-22(25)27-20/h3-13H,1-2H3/b20-13-. The maximum absolute atomic E-state index is 13.0. The largest absolute Gasteiger partial charge is 0.317 e. The fraction of sp³-hybridized carbons (Fsp3) is 0.0909. The van der Waals surface area contributed by atoms with Crippen LogP contribution in [0, 0.1) is 13.8 Å². The van der Waals surface area contributed by atoms with Crippen LogP contribution < -0.4 is 10.1 Å². The molecule has 5 rings (SSSR count). The van der Waals surface area contributed by atoms with Crippen LogP contribution in [-0.2, 0) is 0 Å². The molecule has 0 radical (unpaired) electrons. The predicted octanol–water partition coefficient (Wildman–Crippen LogP) is 3.86. The molecule has 0 aliphatic carbocycles. The van der Waals surface area contributed by atoms with Gasteiger partial charge in [-0.05, 0) is 61.4 Å². The third-order valence-electron chi connectivity index (χ3n) is 5.04. The van der Waals surface area contributed by atoms with E-state index in [0.29, 0.717) is 4.53 Å². The number of para-hydroxylation sites is 2. The lowest BCUT2D eigenvalue weighted by Gasteiger charge is -2.11. The molecule has 0 spiro atoms. The van der Waals surface area contributed by atoms with Crippen LogP contribution in [-0.4, -0.2) is 14.0 Å². The van der Waals surface area contributed by atoms with E-state index in [1.165, 1.54) is 22.5 Å². The molecule has 5 heteroatoms. The predicted molar refractivity (Wildman–Crippen MR) is 111 cm³/mol. The highest BCUT2D eigenvalue weighted by Crippen LogP contribution is 2.21. The molecule has 0 bridgehead atoms. The maximum Gasteiger partial charge on any atom is 0.275 e. The van der Waals surface area contributed by atoms with Crippen molar-refractivity contribution in [3.8, 4) is 5.69 Å². The van der Waals surface area contributed by atoms with Crippen molar-refractivity contribution in [1.29, 1.82) is 0 Å². The number of hydrogen-bond donors (Lipinski definition) is 0. The number of aryl methyl sites for hydroxylation is 1. The van der Waals surface area contributed by atoms with Gasteiger partial charge in [0.25, 0.3) is 5.56 Å². The van der Waals surface area contributed by atoms with Gasteiger partial charge < -0.3 is 4.57 Å². The normalized spacial score (nSPS) is 12.4. The number of rotatable bonds is 2. The number of thiazole rings is 1. The van der Waals surface area contributed by atoms with Gasteiger partial charge in [0, 0.05) is 17.6 Å². The zero-order chi connectivity index (χ0) is 18.5. The Morgan fingerprint density at radius 3 is 2.74 bits per heavy atom. The Balaban J connectivity index is 1.73. The molecule has 0 fully saturated rings. The molecule has 0 saturated carbocycles. The molecule has 3 aromatic heterocycles. The number of aromatic nitrogens is 3. The monoisotopic (exact) mass is 371 g/mol. The lowest BCUT2D eigenvalue weighted by Crippen LogP contribution is -2.23. The summed E-state index contributed by atoms with van der Waals surface area (Å²) in [5.41, 5.74) is 6.29. The molecule has 0 unspecified atom stereocenters. The van der Waals surface area contributed by atoms with Crippen molar-refractivity contribution in [3.05, 3.63) is 92.5 Å². The Morgan fingerprint density at radius 2 is 1.85 bits per heavy atom. The Kier molecular flexibility index (Phi) is 3.52. The lowest BCUT2D eigenvalue weighted by atomic mass is 10.1. The van der Waals surface area contributed by atoms with Gasteiger partial charge in [0.15, 0.2) is 4.96 Å². The van der Waals surface area contributed by atoms with Gasteiger partial charge in [-0.25, -0.2) is 9.38 Å². The van der Waals surface area contributed by atoms with Gasteiger partial charge in [0.1, 0.15) is 0 Å². The minimum absolute atomic E-state index is 0.0163. The van der Waals surface area contributed by atoms with Gasteiger partial charge in [-0.2, -0.15) is 0 Å². The molecule has 0 aliphatic rings. The van der Waals surface area contributed by atoms with E-state index in [0.717, 1.165) is 27.4 Å². The van der Waals surface area contributed by atoms with E-state index in [1.54, 1.807) is 4.40 Å². The van der Waals surface area contributed by atoms with Crippen molar-refractivity contribution in [1.82, 2.24) is 14.0 Å². The van der Waals surface area contributed by atoms with Gasteiger partial charge in [-0.3, -0.25) is 4.79 Å². The summed E-state index contributed by atoms with van der Waals surface area (Å²) in [5.74, 6) is 0. The van der Waals surface area contributed by atoms with Crippen LogP contribution in [0.4, 0.5) is 0 Å². The highest BCUT2D eigenvalue weighted by atomic mass is 32.1. The average Bonchev–Trinajstić information content (AvgIpc) is 3.34. The van der Waals surface area contributed by atoms with E-state index in [4.69, 9.17) is 0 Å². The molecule has 5 aromatic rings. The molecule has 0 amide bonds. The van der Waals surface area contributed by atoms with Crippen LogP contribution in [0.3, 0.4) is 0 Å². The molecule has 4 nitrogen and oxygen atoms in total. The van der Waals surface area contributed by atoms with Crippen molar-refractivity contribution in [3.63, 3.8) is 0 Å². The summed E-state index contributed by atoms with van der Waals surface area (Å²) >= 11 is 1.43. The number of hydrogen-bond acceptors (Lipinski definition) is 3. The highest BCUT2D eigenvalue weighted by Gasteiger charge is 2.11. The van der Waals surface area contributed by atoms with Crippen molar-refractivity contribution in [2.75, 3.05) is 0 Å². The smallest absolute Gasteiger partial charge is 0.275 e. The summed E-state index contributed by atoms with van der Waals surface area (Å²) in [6, 6.07) is 18.1. The first kappa shape index (κ1) is 16.0. The minimum atomic E-state index is -0.0163. The first-order valence-electron chi connectivity index (χ1n) is 8.79. The lowest BCUT2D eigenvalue weighted by molar-refractivity contribution is 1.04. The van der Waals surface area contributed by atoms with E-state index >= 15 is 0 Å². The first-order chi connectivity index (χ1) is 13.1. The van der Waals surface area contributed by atoms with Crippen LogP contribution in [0.25, 0.3) is 27.8 Å². The minimum Gasteiger partial charge on any atom is -0.317 e. The number of fused-ring (bicyclic) bond motifs is 3. The molecule has 0 atom stereocenters. The van der Waals surface area contributed by atoms with E-state index in [1.807, 2.05) is 48.7 Å². The molecule has 3 heterocycles. The molecule has 27 heavy (non-hydrogen) atoms. The van der Waals surface area contributed by atoms with Crippen LogP contribution in [0.2, 0.25) is 0 Å². The summed E-state index contributed by atoms with van der Waals surface area (Å²) in [5, 5.41) is 0. The summed E-state index contributed by atoms with van der Waals surface area (Å²) < 4.78 is 4.52. The molecular formula is C22H17N3OS. The second kappa shape index (κ2) is 5.93. The summed E-state index contributed by atoms with van der Waals surface area (Å²) in [6.07, 6.45) is 3.99. The Bertz CT molecular complexity index is 1420. The summed E-state index contributed by atoms with van der Waals surface area (Å²) in [6.45, 7) is 4.24. The Morgan fingerprint density at radius 1 is 1.00 bits per heavy atom. The Labute approximate surface area is 159 Å². The van der Waals surface area contributed by atoms with Gasteiger partial charge in [-0.15, -0.1) is 0 Å². The molecule has 0 saturated heterocycles. The van der Waals surface area contributed by atoms with Crippen LogP contribution in [0.15, 0.2) is 65.6 Å². The third kappa shape index (κ3) is 2.43. The van der Waals surface area contributed by atoms with Crippen LogP contribution in [0.1, 0.15) is 16.8 Å². The number of imidazole rings is 1. The molecule has 132 valence electrons. The fourth-order valence-electron chi connectivity index (χ4n) is 3.47. The summed E-state index contributed by atoms with van der Waals surface area (Å²) in [4.78, 5) is 18.3. The van der Waals surface area contributed by atoms with Crippen molar-refractivity contribution >= 4 is 33.4 Å². The van der Waals surface area contributed by atoms with Crippen LogP contribution >= 0.6 is 11.3 Å². The summed E-state index contributed by atoms with van der Waals surface area (Å²) in [7, 11) is 0. The van der Waals surface area contributed by atoms with Crippen molar-refractivity contribution < 1.29 is 0 Å². The fourth-order valence-corrected chi connectivity index (χ4v) is 4.45. The van der Waals surface area contributed by atoms with E-state index in [2.05, 4.69) is 41.6 Å². The van der Waals surface area contributed by atoms with Gasteiger partial charge in [0.05, 0.1) is 15.6 Å². The number of benzene rings is 2. The number of nitrogens with zero attached hydrogens (tertiary/aromatic N) is 3. The molecule has 2 aromatic carbocycles. The topological polar surface area (TPSA) is 39.3 Å². The van der Waals surface area contributed by atoms with E-state index < -0.39 is 0 Å². The Hall–Kier alpha value is -3.18. The highest BCUT2D eigenvalue weighted by molar-refractivity contribution is 7.15. The van der Waals surface area contributed by atoms with Gasteiger partial charge >= 0.3 is 0 Å². The van der Waals surface area contributed by atoms with Crippen molar-refractivity contribution in [2.24, 2.45) is 0 Å². The SMILES string of the molecule is Cc1cccc(-n2cccc2/C=c2\sc3nc4ccccc4n3c2=O)c1C. The quantitative estimate of drug-likeness (QED) is 0.473. The molecule has 0 N–H and O–H groups in total. The average molecular weight is 371 g/mol. The van der Waals surface area contributed by atoms with Gasteiger partial charge in [-0.1, -0.05) is 35.6 Å². The third-order valence-corrected chi connectivity index (χ3v) is 6.01. The first-order valence-corrected chi connectivity index (χ1v) is 9.61.